The molecule has 20 heavy (non-hydrogen) atoms. The summed E-state index contributed by atoms with van der Waals surface area (Å²) in [6, 6.07) is 0. The van der Waals surface area contributed by atoms with Crippen LogP contribution in [0.15, 0.2) is 6.33 Å². The first-order valence-electron chi connectivity index (χ1n) is 7.72. The van der Waals surface area contributed by atoms with Crippen LogP contribution in [0.1, 0.15) is 51.5 Å². The molecule has 2 rings (SSSR count). The summed E-state index contributed by atoms with van der Waals surface area (Å²) in [4.78, 5) is 8.70. The highest BCUT2D eigenvalue weighted by atomic mass is 16.3. The summed E-state index contributed by atoms with van der Waals surface area (Å²) in [5, 5.41) is 16.9. The van der Waals surface area contributed by atoms with Gasteiger partial charge in [-0.1, -0.05) is 20.3 Å². The van der Waals surface area contributed by atoms with Crippen molar-refractivity contribution < 1.29 is 5.11 Å². The fourth-order valence-electron chi connectivity index (χ4n) is 2.46. The molecule has 1 aliphatic carbocycles. The van der Waals surface area contributed by atoms with Gasteiger partial charge >= 0.3 is 0 Å². The summed E-state index contributed by atoms with van der Waals surface area (Å²) < 4.78 is 0. The van der Waals surface area contributed by atoms with E-state index in [4.69, 9.17) is 0 Å². The number of aromatic nitrogens is 2. The van der Waals surface area contributed by atoms with E-state index in [1.165, 1.54) is 0 Å². The van der Waals surface area contributed by atoms with Crippen LogP contribution in [0.5, 0.6) is 0 Å². The van der Waals surface area contributed by atoms with Crippen LogP contribution in [0, 0.1) is 0 Å². The second kappa shape index (κ2) is 6.88. The third-order valence-electron chi connectivity index (χ3n) is 3.86. The minimum atomic E-state index is -0.536. The number of nitrogens with zero attached hydrogens (tertiary/aromatic N) is 2. The summed E-state index contributed by atoms with van der Waals surface area (Å²) in [7, 11) is 0. The molecule has 1 aromatic heterocycles. The second-order valence-electron chi connectivity index (χ2n) is 5.66. The van der Waals surface area contributed by atoms with E-state index < -0.39 is 5.60 Å². The van der Waals surface area contributed by atoms with E-state index in [-0.39, 0.29) is 0 Å². The van der Waals surface area contributed by atoms with Gasteiger partial charge in [-0.2, -0.15) is 0 Å². The lowest BCUT2D eigenvalue weighted by Crippen LogP contribution is -2.43. The highest BCUT2D eigenvalue weighted by molar-refractivity contribution is 5.57. The molecule has 1 fully saturated rings. The van der Waals surface area contributed by atoms with Crippen LogP contribution in [-0.2, 0) is 6.42 Å². The molecule has 1 heterocycles. The fourth-order valence-corrected chi connectivity index (χ4v) is 2.46. The molecule has 1 saturated carbocycles. The zero-order valence-electron chi connectivity index (χ0n) is 12.6. The van der Waals surface area contributed by atoms with E-state index in [9.17, 15) is 5.11 Å². The van der Waals surface area contributed by atoms with Gasteiger partial charge in [0.15, 0.2) is 0 Å². The molecule has 112 valence electrons. The van der Waals surface area contributed by atoms with Crippen molar-refractivity contribution in [3.63, 3.8) is 0 Å². The van der Waals surface area contributed by atoms with Gasteiger partial charge in [-0.3, -0.25) is 0 Å². The lowest BCUT2D eigenvalue weighted by Gasteiger charge is -2.36. The maximum atomic E-state index is 10.2. The summed E-state index contributed by atoms with van der Waals surface area (Å²) in [5.41, 5.74) is 0.595. The Morgan fingerprint density at radius 1 is 1.15 bits per heavy atom. The second-order valence-corrected chi connectivity index (χ2v) is 5.66. The van der Waals surface area contributed by atoms with E-state index >= 15 is 0 Å². The van der Waals surface area contributed by atoms with Crippen molar-refractivity contribution in [3.8, 4) is 0 Å². The fraction of sp³-hybridized carbons (Fsp3) is 0.733. The molecule has 3 N–H and O–H groups in total. The first-order valence-corrected chi connectivity index (χ1v) is 7.72. The van der Waals surface area contributed by atoms with Crippen molar-refractivity contribution >= 4 is 11.6 Å². The molecule has 0 atom stereocenters. The molecule has 0 bridgehead atoms. The summed E-state index contributed by atoms with van der Waals surface area (Å²) in [6.07, 6.45) is 7.53. The molecule has 0 amide bonds. The number of nitrogens with one attached hydrogen (secondary N) is 2. The number of anilines is 2. The van der Waals surface area contributed by atoms with Gasteiger partial charge in [-0.25, -0.2) is 9.97 Å². The molecule has 0 saturated heterocycles. The van der Waals surface area contributed by atoms with Crippen molar-refractivity contribution in [1.29, 1.82) is 0 Å². The average Bonchev–Trinajstić information content (AvgIpc) is 2.43. The van der Waals surface area contributed by atoms with Crippen LogP contribution in [0.4, 0.5) is 11.6 Å². The zero-order chi connectivity index (χ0) is 14.4. The lowest BCUT2D eigenvalue weighted by atomic mass is 9.80. The number of hydrogen-bond acceptors (Lipinski definition) is 5. The van der Waals surface area contributed by atoms with E-state index in [2.05, 4.69) is 34.4 Å². The maximum Gasteiger partial charge on any atom is 0.134 e. The Hall–Kier alpha value is -1.36. The van der Waals surface area contributed by atoms with Gasteiger partial charge in [0, 0.05) is 18.7 Å². The zero-order valence-corrected chi connectivity index (χ0v) is 12.6. The molecule has 5 heteroatoms. The Kier molecular flexibility index (Phi) is 5.17. The van der Waals surface area contributed by atoms with E-state index in [0.29, 0.717) is 6.54 Å². The normalized spacial score (nSPS) is 16.6. The maximum absolute atomic E-state index is 10.2. The average molecular weight is 278 g/mol. The predicted molar refractivity (Wildman–Crippen MR) is 82.1 cm³/mol. The Morgan fingerprint density at radius 2 is 1.85 bits per heavy atom. The molecule has 1 aromatic rings. The monoisotopic (exact) mass is 278 g/mol. The predicted octanol–water partition coefficient (Wildman–Crippen LogP) is 2.58. The van der Waals surface area contributed by atoms with Crippen LogP contribution in [0.2, 0.25) is 0 Å². The Bertz CT molecular complexity index is 432. The van der Waals surface area contributed by atoms with E-state index in [1.54, 1.807) is 6.33 Å². The lowest BCUT2D eigenvalue weighted by molar-refractivity contribution is -0.0202. The Labute approximate surface area is 121 Å². The van der Waals surface area contributed by atoms with Crippen LogP contribution in [-0.4, -0.2) is 33.8 Å². The third-order valence-corrected chi connectivity index (χ3v) is 3.86. The van der Waals surface area contributed by atoms with E-state index in [0.717, 1.165) is 62.3 Å². The van der Waals surface area contributed by atoms with Gasteiger partial charge in [0.1, 0.15) is 18.0 Å². The minimum absolute atomic E-state index is 0.536. The molecular formula is C15H26N4O. The van der Waals surface area contributed by atoms with Gasteiger partial charge < -0.3 is 15.7 Å². The molecule has 1 aliphatic rings. The van der Waals surface area contributed by atoms with Gasteiger partial charge in [0.25, 0.3) is 0 Å². The smallest absolute Gasteiger partial charge is 0.134 e. The van der Waals surface area contributed by atoms with Crippen molar-refractivity contribution in [3.05, 3.63) is 11.9 Å². The topological polar surface area (TPSA) is 70.1 Å². The Balaban J connectivity index is 2.08. The van der Waals surface area contributed by atoms with Crippen LogP contribution in [0.3, 0.4) is 0 Å². The number of hydrogen-bond donors (Lipinski definition) is 3. The molecule has 0 unspecified atom stereocenters. The molecule has 0 aromatic carbocycles. The summed E-state index contributed by atoms with van der Waals surface area (Å²) >= 11 is 0. The standard InChI is InChI=1S/C15H26N4O/c1-3-6-12-13(16-9-4-2)18-11-19-14(12)17-10-15(20)7-5-8-15/h11,20H,3-10H2,1-2H3,(H2,16,17,18,19). The molecule has 0 spiro atoms. The van der Waals surface area contributed by atoms with Gasteiger partial charge in [-0.15, -0.1) is 0 Å². The van der Waals surface area contributed by atoms with Crippen molar-refractivity contribution in [2.75, 3.05) is 23.7 Å². The van der Waals surface area contributed by atoms with E-state index in [1.807, 2.05) is 0 Å². The largest absolute Gasteiger partial charge is 0.388 e. The number of aliphatic hydroxyl groups is 1. The van der Waals surface area contributed by atoms with Crippen LogP contribution >= 0.6 is 0 Å². The summed E-state index contributed by atoms with van der Waals surface area (Å²) in [6.45, 7) is 5.78. The van der Waals surface area contributed by atoms with Crippen molar-refractivity contribution in [2.24, 2.45) is 0 Å². The third kappa shape index (κ3) is 3.60. The summed E-state index contributed by atoms with van der Waals surface area (Å²) in [5.74, 6) is 1.78. The highest BCUT2D eigenvalue weighted by Crippen LogP contribution is 2.32. The van der Waals surface area contributed by atoms with Crippen molar-refractivity contribution in [1.82, 2.24) is 9.97 Å². The van der Waals surface area contributed by atoms with Crippen LogP contribution < -0.4 is 10.6 Å². The quantitative estimate of drug-likeness (QED) is 0.682. The van der Waals surface area contributed by atoms with Crippen LogP contribution in [0.25, 0.3) is 0 Å². The first kappa shape index (κ1) is 15.0. The van der Waals surface area contributed by atoms with Gasteiger partial charge in [0.2, 0.25) is 0 Å². The first-order chi connectivity index (χ1) is 9.68. The Morgan fingerprint density at radius 3 is 2.40 bits per heavy atom. The molecule has 0 radical (unpaired) electrons. The SMILES string of the molecule is CCCNc1ncnc(NCC2(O)CCC2)c1CCC. The van der Waals surface area contributed by atoms with Gasteiger partial charge in [-0.05, 0) is 32.1 Å². The number of rotatable bonds is 8. The van der Waals surface area contributed by atoms with Crippen molar-refractivity contribution in [2.45, 2.75) is 58.0 Å². The molecule has 0 aliphatic heterocycles. The molecule has 5 nitrogen and oxygen atoms in total. The van der Waals surface area contributed by atoms with Gasteiger partial charge in [0.05, 0.1) is 5.60 Å². The highest BCUT2D eigenvalue weighted by Gasteiger charge is 2.34. The minimum Gasteiger partial charge on any atom is -0.388 e. The molecular weight excluding hydrogens is 252 g/mol.